The Hall–Kier alpha value is -0.900. The molecular formula is C15H24O3. The van der Waals surface area contributed by atoms with E-state index in [0.717, 1.165) is 5.56 Å². The van der Waals surface area contributed by atoms with E-state index in [1.807, 2.05) is 26.8 Å². The molecule has 0 amide bonds. The summed E-state index contributed by atoms with van der Waals surface area (Å²) in [5, 5.41) is 0. The van der Waals surface area contributed by atoms with Crippen molar-refractivity contribution in [2.75, 3.05) is 19.8 Å². The van der Waals surface area contributed by atoms with Crippen LogP contribution in [0.5, 0.6) is 0 Å². The van der Waals surface area contributed by atoms with Crippen molar-refractivity contribution in [3.05, 3.63) is 35.4 Å². The SMILES string of the molecule is CCOC(Cc1cccc(C)c1)(OCC)OCC. The van der Waals surface area contributed by atoms with Gasteiger partial charge in [0.1, 0.15) is 0 Å². The molecule has 0 fully saturated rings. The van der Waals surface area contributed by atoms with Gasteiger partial charge in [-0.25, -0.2) is 0 Å². The predicted molar refractivity (Wildman–Crippen MR) is 72.5 cm³/mol. The molecule has 0 bridgehead atoms. The van der Waals surface area contributed by atoms with Crippen molar-refractivity contribution < 1.29 is 14.2 Å². The zero-order valence-electron chi connectivity index (χ0n) is 11.9. The first kappa shape index (κ1) is 15.2. The van der Waals surface area contributed by atoms with Crippen molar-refractivity contribution in [1.82, 2.24) is 0 Å². The van der Waals surface area contributed by atoms with Gasteiger partial charge < -0.3 is 14.2 Å². The lowest BCUT2D eigenvalue weighted by molar-refractivity contribution is -0.376. The summed E-state index contributed by atoms with van der Waals surface area (Å²) in [6.45, 7) is 9.60. The Morgan fingerprint density at radius 3 is 1.94 bits per heavy atom. The topological polar surface area (TPSA) is 27.7 Å². The Kier molecular flexibility index (Phi) is 6.33. The highest BCUT2D eigenvalue weighted by Crippen LogP contribution is 2.22. The number of aryl methyl sites for hydroxylation is 1. The third-order valence-electron chi connectivity index (χ3n) is 2.60. The molecule has 0 aromatic heterocycles. The van der Waals surface area contributed by atoms with Gasteiger partial charge in [0.2, 0.25) is 0 Å². The molecule has 18 heavy (non-hydrogen) atoms. The number of hydrogen-bond donors (Lipinski definition) is 0. The largest absolute Gasteiger partial charge is 0.327 e. The summed E-state index contributed by atoms with van der Waals surface area (Å²) in [4.78, 5) is 0. The average molecular weight is 252 g/mol. The van der Waals surface area contributed by atoms with Crippen LogP contribution in [-0.4, -0.2) is 25.8 Å². The summed E-state index contributed by atoms with van der Waals surface area (Å²) in [5.74, 6) is -0.952. The molecule has 3 nitrogen and oxygen atoms in total. The molecule has 0 saturated carbocycles. The fourth-order valence-corrected chi connectivity index (χ4v) is 2.01. The molecule has 0 spiro atoms. The highest BCUT2D eigenvalue weighted by molar-refractivity contribution is 5.22. The molecule has 0 aliphatic rings. The second kappa shape index (κ2) is 7.52. The van der Waals surface area contributed by atoms with E-state index in [1.54, 1.807) is 0 Å². The molecule has 0 atom stereocenters. The molecule has 0 aliphatic heterocycles. The first-order valence-electron chi connectivity index (χ1n) is 6.63. The van der Waals surface area contributed by atoms with Crippen molar-refractivity contribution in [2.45, 2.75) is 40.1 Å². The van der Waals surface area contributed by atoms with E-state index in [4.69, 9.17) is 14.2 Å². The Bertz CT molecular complexity index is 332. The van der Waals surface area contributed by atoms with E-state index in [0.29, 0.717) is 26.2 Å². The predicted octanol–water partition coefficient (Wildman–Crippen LogP) is 3.30. The van der Waals surface area contributed by atoms with Gasteiger partial charge >= 0.3 is 0 Å². The summed E-state index contributed by atoms with van der Waals surface area (Å²) in [6, 6.07) is 8.32. The van der Waals surface area contributed by atoms with Crippen molar-refractivity contribution in [1.29, 1.82) is 0 Å². The molecule has 102 valence electrons. The van der Waals surface area contributed by atoms with E-state index in [9.17, 15) is 0 Å². The molecule has 1 rings (SSSR count). The Labute approximate surface area is 110 Å². The van der Waals surface area contributed by atoms with Crippen LogP contribution in [0.1, 0.15) is 31.9 Å². The molecule has 0 aliphatic carbocycles. The third kappa shape index (κ3) is 4.41. The lowest BCUT2D eigenvalue weighted by atomic mass is 10.1. The smallest absolute Gasteiger partial charge is 0.287 e. The van der Waals surface area contributed by atoms with Crippen LogP contribution in [0.15, 0.2) is 24.3 Å². The second-order valence-corrected chi connectivity index (χ2v) is 4.15. The van der Waals surface area contributed by atoms with Crippen molar-refractivity contribution in [2.24, 2.45) is 0 Å². The minimum absolute atomic E-state index is 0.561. The van der Waals surface area contributed by atoms with Crippen molar-refractivity contribution in [3.8, 4) is 0 Å². The van der Waals surface area contributed by atoms with Gasteiger partial charge in [-0.05, 0) is 33.3 Å². The summed E-state index contributed by atoms with van der Waals surface area (Å²) >= 11 is 0. The van der Waals surface area contributed by atoms with Crippen LogP contribution in [0.25, 0.3) is 0 Å². The Balaban J connectivity index is 2.87. The highest BCUT2D eigenvalue weighted by atomic mass is 16.9. The Morgan fingerprint density at radius 2 is 1.50 bits per heavy atom. The average Bonchev–Trinajstić information content (AvgIpc) is 2.30. The number of benzene rings is 1. The van der Waals surface area contributed by atoms with E-state index in [1.165, 1.54) is 5.56 Å². The van der Waals surface area contributed by atoms with Crippen molar-refractivity contribution in [3.63, 3.8) is 0 Å². The van der Waals surface area contributed by atoms with Crippen LogP contribution in [0.3, 0.4) is 0 Å². The van der Waals surface area contributed by atoms with Crippen LogP contribution in [0.2, 0.25) is 0 Å². The molecular weight excluding hydrogens is 228 g/mol. The maximum absolute atomic E-state index is 5.71. The van der Waals surface area contributed by atoms with Gasteiger partial charge in [-0.3, -0.25) is 0 Å². The summed E-state index contributed by atoms with van der Waals surface area (Å²) < 4.78 is 17.1. The van der Waals surface area contributed by atoms with Gasteiger partial charge in [0.05, 0.1) is 6.42 Å². The molecule has 0 unspecified atom stereocenters. The maximum Gasteiger partial charge on any atom is 0.287 e. The minimum atomic E-state index is -0.952. The first-order valence-corrected chi connectivity index (χ1v) is 6.63. The minimum Gasteiger partial charge on any atom is -0.327 e. The first-order chi connectivity index (χ1) is 8.65. The molecule has 0 saturated heterocycles. The van der Waals surface area contributed by atoms with Gasteiger partial charge in [-0.15, -0.1) is 0 Å². The standard InChI is InChI=1S/C15H24O3/c1-5-16-15(17-6-2,18-7-3)12-14-10-8-9-13(4)11-14/h8-11H,5-7,12H2,1-4H3. The van der Waals surface area contributed by atoms with Crippen LogP contribution < -0.4 is 0 Å². The molecule has 1 aromatic carbocycles. The molecule has 1 aromatic rings. The van der Waals surface area contributed by atoms with Crippen molar-refractivity contribution >= 4 is 0 Å². The van der Waals surface area contributed by atoms with Crippen LogP contribution in [0.4, 0.5) is 0 Å². The summed E-state index contributed by atoms with van der Waals surface area (Å²) in [6.07, 6.45) is 0.601. The molecule has 0 heterocycles. The van der Waals surface area contributed by atoms with E-state index >= 15 is 0 Å². The van der Waals surface area contributed by atoms with Crippen LogP contribution in [0, 0.1) is 6.92 Å². The Morgan fingerprint density at radius 1 is 0.944 bits per heavy atom. The van der Waals surface area contributed by atoms with Crippen LogP contribution >= 0.6 is 0 Å². The fourth-order valence-electron chi connectivity index (χ4n) is 2.01. The maximum atomic E-state index is 5.71. The van der Waals surface area contributed by atoms with Gasteiger partial charge in [0, 0.05) is 19.8 Å². The third-order valence-corrected chi connectivity index (χ3v) is 2.60. The lowest BCUT2D eigenvalue weighted by Gasteiger charge is -2.32. The van der Waals surface area contributed by atoms with E-state index in [-0.39, 0.29) is 0 Å². The number of hydrogen-bond acceptors (Lipinski definition) is 3. The molecule has 0 radical (unpaired) electrons. The normalized spacial score (nSPS) is 11.8. The van der Waals surface area contributed by atoms with Gasteiger partial charge in [0.15, 0.2) is 0 Å². The quantitative estimate of drug-likeness (QED) is 0.664. The van der Waals surface area contributed by atoms with E-state index in [2.05, 4.69) is 25.1 Å². The zero-order chi connectivity index (χ0) is 13.4. The van der Waals surface area contributed by atoms with Gasteiger partial charge in [0.25, 0.3) is 5.97 Å². The van der Waals surface area contributed by atoms with Crippen LogP contribution in [-0.2, 0) is 20.6 Å². The van der Waals surface area contributed by atoms with Gasteiger partial charge in [-0.2, -0.15) is 0 Å². The monoisotopic (exact) mass is 252 g/mol. The fraction of sp³-hybridized carbons (Fsp3) is 0.600. The second-order valence-electron chi connectivity index (χ2n) is 4.15. The highest BCUT2D eigenvalue weighted by Gasteiger charge is 2.32. The molecule has 3 heteroatoms. The molecule has 0 N–H and O–H groups in total. The zero-order valence-corrected chi connectivity index (χ0v) is 11.9. The van der Waals surface area contributed by atoms with E-state index < -0.39 is 5.97 Å². The number of ether oxygens (including phenoxy) is 3. The van der Waals surface area contributed by atoms with Gasteiger partial charge in [-0.1, -0.05) is 29.8 Å². The lowest BCUT2D eigenvalue weighted by Crippen LogP contribution is -2.41. The summed E-state index contributed by atoms with van der Waals surface area (Å²) in [5.41, 5.74) is 2.39. The summed E-state index contributed by atoms with van der Waals surface area (Å²) in [7, 11) is 0. The number of rotatable bonds is 8.